The Morgan fingerprint density at radius 1 is 1.03 bits per heavy atom. The Labute approximate surface area is 194 Å². The molecule has 4 saturated carbocycles. The van der Waals surface area contributed by atoms with Crippen molar-refractivity contribution in [3.8, 4) is 0 Å². The fraction of sp³-hybridized carbons (Fsp3) is 0.905. The van der Waals surface area contributed by atoms with Gasteiger partial charge in [0, 0.05) is 24.0 Å². The second-order valence-corrected chi connectivity index (χ2v) is 10.5. The lowest BCUT2D eigenvalue weighted by atomic mass is 9.71. The van der Waals surface area contributed by atoms with E-state index in [2.05, 4.69) is 20.7 Å². The molecule has 0 aromatic heterocycles. The third-order valence-electron chi connectivity index (χ3n) is 7.31. The molecule has 2 bridgehead atoms. The van der Waals surface area contributed by atoms with Gasteiger partial charge in [-0.1, -0.05) is 0 Å². The predicted molar refractivity (Wildman–Crippen MR) is 110 cm³/mol. The molecule has 0 spiro atoms. The summed E-state index contributed by atoms with van der Waals surface area (Å²) < 4.78 is 60.3. The molecule has 5 unspecified atom stereocenters. The van der Waals surface area contributed by atoms with Crippen molar-refractivity contribution in [2.24, 2.45) is 0 Å². The molecule has 0 aromatic carbocycles. The molecule has 0 aromatic rings. The molecule has 1 saturated heterocycles. The van der Waals surface area contributed by atoms with Crippen molar-refractivity contribution >= 4 is 23.4 Å². The zero-order chi connectivity index (χ0) is 23.9. The number of nitrogens with one attached hydrogen (secondary N) is 3. The maximum atomic E-state index is 13.7. The summed E-state index contributed by atoms with van der Waals surface area (Å²) in [6.45, 7) is -0.182. The van der Waals surface area contributed by atoms with Gasteiger partial charge >= 0.3 is 6.36 Å². The summed E-state index contributed by atoms with van der Waals surface area (Å²) >= 11 is 5.87. The van der Waals surface area contributed by atoms with E-state index in [0.29, 0.717) is 25.7 Å². The molecule has 7 nitrogen and oxygen atoms in total. The van der Waals surface area contributed by atoms with Crippen molar-refractivity contribution in [1.82, 2.24) is 16.0 Å². The van der Waals surface area contributed by atoms with Crippen LogP contribution in [0.5, 0.6) is 0 Å². The van der Waals surface area contributed by atoms with E-state index in [-0.39, 0.29) is 55.9 Å². The number of halogens is 5. The molecule has 1 aliphatic heterocycles. The lowest BCUT2D eigenvalue weighted by Gasteiger charge is -2.48. The normalized spacial score (nSPS) is 40.7. The number of carbonyl (C=O) groups is 2. The lowest BCUT2D eigenvalue weighted by molar-refractivity contribution is -0.343. The highest BCUT2D eigenvalue weighted by molar-refractivity contribution is 6.21. The number of piperidine rings is 1. The molecule has 4 aliphatic carbocycles. The number of hydrogen-bond donors (Lipinski definition) is 3. The first-order valence-electron chi connectivity index (χ1n) is 11.5. The minimum absolute atomic E-state index is 0.0414. The molecule has 188 valence electrons. The van der Waals surface area contributed by atoms with Crippen LogP contribution >= 0.6 is 11.6 Å². The number of hydrogen-bond acceptors (Lipinski definition) is 5. The van der Waals surface area contributed by atoms with E-state index in [1.807, 2.05) is 0 Å². The van der Waals surface area contributed by atoms with E-state index in [1.165, 1.54) is 0 Å². The van der Waals surface area contributed by atoms with Gasteiger partial charge in [0.15, 0.2) is 0 Å². The molecular formula is C21H30ClF4N3O4. The van der Waals surface area contributed by atoms with Crippen molar-refractivity contribution in [2.75, 3.05) is 13.2 Å². The summed E-state index contributed by atoms with van der Waals surface area (Å²) in [5.74, 6) is -0.494. The molecule has 12 heteroatoms. The standard InChI is InChI=1S/C21H30ClF4N3O4/c22-14-3-1-12(7-15(14)23)32-9-17(30)28-19-5-6-20(10-19,11-19)29-18(31)16-4-2-13(8-27-16)33-21(24,25)26/h12-16,27H,1-11H2,(H,28,30)(H,29,31). The third kappa shape index (κ3) is 6.10. The van der Waals surface area contributed by atoms with E-state index in [0.717, 1.165) is 12.8 Å². The largest absolute Gasteiger partial charge is 0.522 e. The number of amides is 2. The van der Waals surface area contributed by atoms with Crippen molar-refractivity contribution in [3.05, 3.63) is 0 Å². The molecule has 5 aliphatic rings. The van der Waals surface area contributed by atoms with Crippen molar-refractivity contribution < 1.29 is 36.6 Å². The second kappa shape index (κ2) is 9.47. The third-order valence-corrected chi connectivity index (χ3v) is 7.80. The Bertz CT molecular complexity index is 742. The molecule has 3 N–H and O–H groups in total. The van der Waals surface area contributed by atoms with Gasteiger partial charge in [-0.25, -0.2) is 4.39 Å². The molecule has 5 atom stereocenters. The summed E-state index contributed by atoms with van der Waals surface area (Å²) in [4.78, 5) is 25.0. The van der Waals surface area contributed by atoms with Crippen LogP contribution in [0.3, 0.4) is 0 Å². The van der Waals surface area contributed by atoms with E-state index < -0.39 is 35.6 Å². The van der Waals surface area contributed by atoms with Crippen LogP contribution in [-0.2, 0) is 19.1 Å². The van der Waals surface area contributed by atoms with Crippen LogP contribution in [0, 0.1) is 0 Å². The zero-order valence-corrected chi connectivity index (χ0v) is 18.9. The van der Waals surface area contributed by atoms with Gasteiger partial charge in [-0.15, -0.1) is 24.8 Å². The van der Waals surface area contributed by atoms with Crippen LogP contribution in [0.4, 0.5) is 17.6 Å². The van der Waals surface area contributed by atoms with Crippen LogP contribution in [-0.4, -0.2) is 72.2 Å². The topological polar surface area (TPSA) is 88.7 Å². The van der Waals surface area contributed by atoms with E-state index in [9.17, 15) is 27.2 Å². The van der Waals surface area contributed by atoms with Gasteiger partial charge in [-0.3, -0.25) is 14.3 Å². The highest BCUT2D eigenvalue weighted by atomic mass is 35.5. The minimum atomic E-state index is -4.69. The minimum Gasteiger partial charge on any atom is -0.368 e. The summed E-state index contributed by atoms with van der Waals surface area (Å²) in [7, 11) is 0. The number of rotatable bonds is 7. The highest BCUT2D eigenvalue weighted by Crippen LogP contribution is 2.55. The molecule has 5 rings (SSSR count). The second-order valence-electron chi connectivity index (χ2n) is 9.95. The summed E-state index contributed by atoms with van der Waals surface area (Å²) in [6, 6.07) is -0.562. The summed E-state index contributed by atoms with van der Waals surface area (Å²) in [5.41, 5.74) is -0.776. The van der Waals surface area contributed by atoms with Gasteiger partial charge < -0.3 is 20.7 Å². The number of alkyl halides is 5. The summed E-state index contributed by atoms with van der Waals surface area (Å²) in [6.07, 6.45) is -2.72. The number of fused-ring (bicyclic) bond motifs is 1. The van der Waals surface area contributed by atoms with Gasteiger partial charge in [-0.05, 0) is 51.4 Å². The van der Waals surface area contributed by atoms with Crippen molar-refractivity contribution in [2.45, 2.75) is 105 Å². The average molecular weight is 500 g/mol. The van der Waals surface area contributed by atoms with E-state index >= 15 is 0 Å². The first kappa shape index (κ1) is 24.9. The molecule has 33 heavy (non-hydrogen) atoms. The van der Waals surface area contributed by atoms with Crippen LogP contribution in [0.15, 0.2) is 0 Å². The fourth-order valence-electron chi connectivity index (χ4n) is 5.79. The Balaban J connectivity index is 1.17. The predicted octanol–water partition coefficient (Wildman–Crippen LogP) is 2.46. The van der Waals surface area contributed by atoms with Gasteiger partial charge in [-0.2, -0.15) is 0 Å². The first-order chi connectivity index (χ1) is 15.5. The van der Waals surface area contributed by atoms with Crippen LogP contribution in [0.1, 0.15) is 57.8 Å². The lowest BCUT2D eigenvalue weighted by Crippen LogP contribution is -2.66. The SMILES string of the molecule is O=C(COC1CCC(Cl)C(F)C1)NC12CCC(NC(=O)C3CCC(OC(F)(F)F)CN3)(C1)C2. The quantitative estimate of drug-likeness (QED) is 0.370. The van der Waals surface area contributed by atoms with Gasteiger partial charge in [0.1, 0.15) is 12.8 Å². The average Bonchev–Trinajstić information content (AvgIpc) is 3.23. The molecular weight excluding hydrogens is 470 g/mol. The molecule has 5 fully saturated rings. The fourth-order valence-corrected chi connectivity index (χ4v) is 6.02. The number of carbonyl (C=O) groups excluding carboxylic acids is 2. The Kier molecular flexibility index (Phi) is 7.15. The van der Waals surface area contributed by atoms with E-state index in [4.69, 9.17) is 16.3 Å². The Hall–Kier alpha value is -1.17. The smallest absolute Gasteiger partial charge is 0.368 e. The molecule has 0 radical (unpaired) electrons. The van der Waals surface area contributed by atoms with Crippen LogP contribution in [0.25, 0.3) is 0 Å². The maximum absolute atomic E-state index is 13.7. The molecule has 2 amide bonds. The molecule has 1 heterocycles. The van der Waals surface area contributed by atoms with Crippen LogP contribution in [0.2, 0.25) is 0 Å². The summed E-state index contributed by atoms with van der Waals surface area (Å²) in [5, 5.41) is 8.40. The Morgan fingerprint density at radius 3 is 2.30 bits per heavy atom. The van der Waals surface area contributed by atoms with Gasteiger partial charge in [0.25, 0.3) is 0 Å². The number of ether oxygens (including phenoxy) is 2. The van der Waals surface area contributed by atoms with Crippen molar-refractivity contribution in [3.63, 3.8) is 0 Å². The van der Waals surface area contributed by atoms with Crippen LogP contribution < -0.4 is 16.0 Å². The van der Waals surface area contributed by atoms with Crippen molar-refractivity contribution in [1.29, 1.82) is 0 Å². The maximum Gasteiger partial charge on any atom is 0.522 e. The van der Waals surface area contributed by atoms with Gasteiger partial charge in [0.05, 0.1) is 23.6 Å². The first-order valence-corrected chi connectivity index (χ1v) is 11.9. The van der Waals surface area contributed by atoms with E-state index in [1.54, 1.807) is 0 Å². The van der Waals surface area contributed by atoms with Gasteiger partial charge in [0.2, 0.25) is 11.8 Å². The monoisotopic (exact) mass is 499 g/mol. The zero-order valence-electron chi connectivity index (χ0n) is 18.2. The highest BCUT2D eigenvalue weighted by Gasteiger charge is 2.62. The Morgan fingerprint density at radius 2 is 1.70 bits per heavy atom.